The molecule has 0 saturated heterocycles. The van der Waals surface area contributed by atoms with Crippen molar-refractivity contribution < 1.29 is 0 Å². The Hall–Kier alpha value is -1.05. The molecular formula is C15H21N3S. The van der Waals surface area contributed by atoms with Crippen molar-refractivity contribution in [3.8, 4) is 6.07 Å². The minimum absolute atomic E-state index is 0.346. The third-order valence-corrected chi connectivity index (χ3v) is 4.63. The Morgan fingerprint density at radius 3 is 3.00 bits per heavy atom. The number of thioether (sulfide) groups is 1. The van der Waals surface area contributed by atoms with Crippen molar-refractivity contribution >= 4 is 11.8 Å². The van der Waals surface area contributed by atoms with E-state index in [0.29, 0.717) is 11.3 Å². The molecule has 1 fully saturated rings. The lowest BCUT2D eigenvalue weighted by Gasteiger charge is -2.37. The molecule has 1 saturated carbocycles. The molecule has 1 aromatic heterocycles. The first-order valence-electron chi connectivity index (χ1n) is 6.90. The Labute approximate surface area is 119 Å². The van der Waals surface area contributed by atoms with E-state index < -0.39 is 0 Å². The van der Waals surface area contributed by atoms with E-state index in [2.05, 4.69) is 30.2 Å². The Morgan fingerprint density at radius 2 is 2.37 bits per heavy atom. The van der Waals surface area contributed by atoms with Crippen LogP contribution in [0.3, 0.4) is 0 Å². The fraction of sp³-hybridized carbons (Fsp3) is 0.600. The van der Waals surface area contributed by atoms with Crippen molar-refractivity contribution in [2.45, 2.75) is 61.4 Å². The van der Waals surface area contributed by atoms with E-state index in [9.17, 15) is 5.26 Å². The molecule has 0 radical (unpaired) electrons. The van der Waals surface area contributed by atoms with Crippen LogP contribution in [0.15, 0.2) is 29.4 Å². The molecule has 2 atom stereocenters. The third kappa shape index (κ3) is 3.95. The van der Waals surface area contributed by atoms with Gasteiger partial charge < -0.3 is 0 Å². The minimum atomic E-state index is -0.348. The zero-order valence-corrected chi connectivity index (χ0v) is 12.4. The molecule has 0 aliphatic heterocycles. The number of hydrogen-bond donors (Lipinski definition) is 1. The molecule has 2 rings (SSSR count). The smallest absolute Gasteiger partial charge is 0.108 e. The first-order valence-corrected chi connectivity index (χ1v) is 7.78. The van der Waals surface area contributed by atoms with Gasteiger partial charge in [-0.2, -0.15) is 5.26 Å². The molecule has 1 aliphatic carbocycles. The summed E-state index contributed by atoms with van der Waals surface area (Å²) >= 11 is 1.81. The van der Waals surface area contributed by atoms with Gasteiger partial charge in [0, 0.05) is 17.5 Å². The molecule has 102 valence electrons. The zero-order chi connectivity index (χ0) is 13.7. The molecule has 2 unspecified atom stereocenters. The van der Waals surface area contributed by atoms with Gasteiger partial charge in [-0.3, -0.25) is 5.32 Å². The lowest BCUT2D eigenvalue weighted by molar-refractivity contribution is 0.284. The zero-order valence-electron chi connectivity index (χ0n) is 11.6. The monoisotopic (exact) mass is 275 g/mol. The molecule has 1 aromatic rings. The summed E-state index contributed by atoms with van der Waals surface area (Å²) in [5.74, 6) is 0. The summed E-state index contributed by atoms with van der Waals surface area (Å²) in [6, 6.07) is 8.86. The summed E-state index contributed by atoms with van der Waals surface area (Å²) in [5.41, 5.74) is -0.348. The molecule has 0 spiro atoms. The van der Waals surface area contributed by atoms with E-state index in [1.54, 1.807) is 0 Å². The van der Waals surface area contributed by atoms with Gasteiger partial charge in [0.25, 0.3) is 0 Å². The molecule has 1 aliphatic rings. The summed E-state index contributed by atoms with van der Waals surface area (Å²) in [4.78, 5) is 4.37. The van der Waals surface area contributed by atoms with E-state index in [4.69, 9.17) is 0 Å². The van der Waals surface area contributed by atoms with Crippen LogP contribution in [0, 0.1) is 11.3 Å². The van der Waals surface area contributed by atoms with Crippen LogP contribution in [0.4, 0.5) is 0 Å². The second kappa shape index (κ2) is 6.40. The van der Waals surface area contributed by atoms with Crippen molar-refractivity contribution in [3.63, 3.8) is 0 Å². The molecule has 4 heteroatoms. The highest BCUT2D eigenvalue weighted by Crippen LogP contribution is 2.37. The number of nitriles is 1. The summed E-state index contributed by atoms with van der Waals surface area (Å²) in [5, 5.41) is 14.5. The highest BCUT2D eigenvalue weighted by atomic mass is 32.2. The van der Waals surface area contributed by atoms with Crippen LogP contribution in [0.5, 0.6) is 0 Å². The van der Waals surface area contributed by atoms with Gasteiger partial charge in [0.1, 0.15) is 5.54 Å². The Balaban J connectivity index is 2.02. The van der Waals surface area contributed by atoms with Gasteiger partial charge in [-0.15, -0.1) is 11.8 Å². The van der Waals surface area contributed by atoms with Crippen molar-refractivity contribution in [1.29, 1.82) is 5.26 Å². The molecular weight excluding hydrogens is 254 g/mol. The molecule has 0 amide bonds. The predicted molar refractivity (Wildman–Crippen MR) is 79.0 cm³/mol. The lowest BCUT2D eigenvalue weighted by atomic mass is 9.82. The number of nitrogens with zero attached hydrogens (tertiary/aromatic N) is 2. The van der Waals surface area contributed by atoms with Crippen molar-refractivity contribution in [1.82, 2.24) is 10.3 Å². The molecule has 0 aromatic carbocycles. The van der Waals surface area contributed by atoms with Crippen LogP contribution in [-0.4, -0.2) is 21.8 Å². The predicted octanol–water partition coefficient (Wildman–Crippen LogP) is 3.38. The van der Waals surface area contributed by atoms with Gasteiger partial charge >= 0.3 is 0 Å². The molecule has 19 heavy (non-hydrogen) atoms. The van der Waals surface area contributed by atoms with Crippen LogP contribution >= 0.6 is 11.8 Å². The summed E-state index contributed by atoms with van der Waals surface area (Å²) in [7, 11) is 0. The second-order valence-corrected chi connectivity index (χ2v) is 6.82. The quantitative estimate of drug-likeness (QED) is 0.915. The Kier molecular flexibility index (Phi) is 4.84. The van der Waals surface area contributed by atoms with Crippen LogP contribution in [0.2, 0.25) is 0 Å². The summed E-state index contributed by atoms with van der Waals surface area (Å²) < 4.78 is 0. The number of nitrogens with one attached hydrogen (secondary N) is 1. The van der Waals surface area contributed by atoms with Crippen LogP contribution < -0.4 is 5.32 Å². The normalized spacial score (nSPS) is 27.2. The molecule has 3 nitrogen and oxygen atoms in total. The first kappa shape index (κ1) is 14.4. The second-order valence-electron chi connectivity index (χ2n) is 5.50. The van der Waals surface area contributed by atoms with Crippen LogP contribution in [0.1, 0.15) is 39.5 Å². The van der Waals surface area contributed by atoms with Crippen LogP contribution in [-0.2, 0) is 0 Å². The number of pyridine rings is 1. The minimum Gasteiger partial charge on any atom is -0.297 e. The summed E-state index contributed by atoms with van der Waals surface area (Å²) in [6.07, 6.45) is 5.97. The maximum atomic E-state index is 9.54. The molecule has 0 bridgehead atoms. The fourth-order valence-electron chi connectivity index (χ4n) is 2.73. The Morgan fingerprint density at radius 1 is 1.53 bits per heavy atom. The van der Waals surface area contributed by atoms with Crippen molar-refractivity contribution in [2.75, 3.05) is 0 Å². The topological polar surface area (TPSA) is 48.7 Å². The number of hydrogen-bond acceptors (Lipinski definition) is 4. The average molecular weight is 275 g/mol. The van der Waals surface area contributed by atoms with Gasteiger partial charge in [-0.1, -0.05) is 6.07 Å². The largest absolute Gasteiger partial charge is 0.297 e. The lowest BCUT2D eigenvalue weighted by Crippen LogP contribution is -2.51. The van der Waals surface area contributed by atoms with E-state index in [1.807, 2.05) is 36.2 Å². The molecule has 1 heterocycles. The standard InChI is InChI=1S/C15H21N3S/c1-12(2)18-15(11-16)8-5-6-13(10-15)19-14-7-3-4-9-17-14/h3-4,7,9,12-13,18H,5-6,8,10H2,1-2H3. The van der Waals surface area contributed by atoms with Gasteiger partial charge in [-0.25, -0.2) is 4.98 Å². The van der Waals surface area contributed by atoms with Crippen molar-refractivity contribution in [2.24, 2.45) is 0 Å². The third-order valence-electron chi connectivity index (χ3n) is 3.41. The number of aromatic nitrogens is 1. The number of rotatable bonds is 4. The van der Waals surface area contributed by atoms with Gasteiger partial charge in [0.05, 0.1) is 11.1 Å². The van der Waals surface area contributed by atoms with E-state index in [-0.39, 0.29) is 5.54 Å². The first-order chi connectivity index (χ1) is 9.13. The fourth-order valence-corrected chi connectivity index (χ4v) is 4.00. The van der Waals surface area contributed by atoms with E-state index >= 15 is 0 Å². The van der Waals surface area contributed by atoms with E-state index in [0.717, 1.165) is 24.3 Å². The maximum absolute atomic E-state index is 9.54. The maximum Gasteiger partial charge on any atom is 0.108 e. The van der Waals surface area contributed by atoms with Gasteiger partial charge in [0.15, 0.2) is 0 Å². The SMILES string of the molecule is CC(C)NC1(C#N)CCCC(Sc2ccccn2)C1. The van der Waals surface area contributed by atoms with E-state index in [1.165, 1.54) is 6.42 Å². The Bertz CT molecular complexity index is 440. The highest BCUT2D eigenvalue weighted by molar-refractivity contribution is 7.99. The average Bonchev–Trinajstić information content (AvgIpc) is 2.39. The molecule has 1 N–H and O–H groups in total. The van der Waals surface area contributed by atoms with Gasteiger partial charge in [0.2, 0.25) is 0 Å². The van der Waals surface area contributed by atoms with Crippen molar-refractivity contribution in [3.05, 3.63) is 24.4 Å². The van der Waals surface area contributed by atoms with Gasteiger partial charge in [-0.05, 0) is 51.7 Å². The highest BCUT2D eigenvalue weighted by Gasteiger charge is 2.37. The van der Waals surface area contributed by atoms with Crippen LogP contribution in [0.25, 0.3) is 0 Å². The summed E-state index contributed by atoms with van der Waals surface area (Å²) in [6.45, 7) is 4.21.